The third kappa shape index (κ3) is 2.89. The fourth-order valence-electron chi connectivity index (χ4n) is 1.28. The minimum absolute atomic E-state index is 0.161. The van der Waals surface area contributed by atoms with Crippen LogP contribution in [0, 0.1) is 0 Å². The molecule has 1 aromatic rings. The van der Waals surface area contributed by atoms with Crippen LogP contribution < -0.4 is 0 Å². The summed E-state index contributed by atoms with van der Waals surface area (Å²) in [4.78, 5) is 11.1. The largest absolute Gasteiger partial charge is 0.480 e. The molecule has 4 heteroatoms. The van der Waals surface area contributed by atoms with Crippen molar-refractivity contribution >= 4 is 16.8 Å². The molecule has 0 saturated heterocycles. The van der Waals surface area contributed by atoms with Gasteiger partial charge in [0.15, 0.2) is 5.25 Å². The zero-order valence-electron chi connectivity index (χ0n) is 8.71. The minimum atomic E-state index is -1.39. The van der Waals surface area contributed by atoms with Crippen molar-refractivity contribution in [2.75, 3.05) is 0 Å². The van der Waals surface area contributed by atoms with Crippen molar-refractivity contribution in [1.29, 1.82) is 0 Å². The molecule has 1 N–H and O–H groups in total. The molecule has 82 valence electrons. The number of carbonyl (C=O) groups is 1. The first-order chi connectivity index (χ1) is 7.04. The lowest BCUT2D eigenvalue weighted by atomic mass is 10.1. The van der Waals surface area contributed by atoms with Crippen LogP contribution in [0.5, 0.6) is 0 Å². The highest BCUT2D eigenvalue weighted by Gasteiger charge is 2.28. The first kappa shape index (κ1) is 11.9. The molecule has 1 aromatic carbocycles. The summed E-state index contributed by atoms with van der Waals surface area (Å²) in [6.07, 6.45) is 0. The van der Waals surface area contributed by atoms with Crippen LogP contribution in [0.1, 0.15) is 24.7 Å². The number of carboxylic acids is 1. The summed E-state index contributed by atoms with van der Waals surface area (Å²) in [7, 11) is -1.39. The summed E-state index contributed by atoms with van der Waals surface area (Å²) in [6, 6.07) is 8.70. The van der Waals surface area contributed by atoms with Gasteiger partial charge >= 0.3 is 5.97 Å². The van der Waals surface area contributed by atoms with E-state index in [9.17, 15) is 9.00 Å². The minimum Gasteiger partial charge on any atom is -0.480 e. The Kier molecular flexibility index (Phi) is 4.03. The zero-order chi connectivity index (χ0) is 11.4. The molecule has 2 atom stereocenters. The van der Waals surface area contributed by atoms with E-state index >= 15 is 0 Å². The maximum absolute atomic E-state index is 11.8. The molecule has 0 heterocycles. The summed E-state index contributed by atoms with van der Waals surface area (Å²) >= 11 is 0. The van der Waals surface area contributed by atoms with Crippen LogP contribution in [-0.4, -0.2) is 20.5 Å². The first-order valence-corrected chi connectivity index (χ1v) is 5.98. The van der Waals surface area contributed by atoms with Gasteiger partial charge in [-0.1, -0.05) is 44.2 Å². The molecule has 3 nitrogen and oxygen atoms in total. The number of hydrogen-bond acceptors (Lipinski definition) is 2. The highest BCUT2D eigenvalue weighted by Crippen LogP contribution is 2.22. The molecule has 0 fully saturated rings. The highest BCUT2D eigenvalue weighted by molar-refractivity contribution is 7.86. The van der Waals surface area contributed by atoms with E-state index in [-0.39, 0.29) is 5.25 Å². The summed E-state index contributed by atoms with van der Waals surface area (Å²) < 4.78 is 11.8. The van der Waals surface area contributed by atoms with E-state index in [1.807, 2.05) is 0 Å². The Labute approximate surface area is 91.6 Å². The summed E-state index contributed by atoms with van der Waals surface area (Å²) in [5.41, 5.74) is 0.594. The van der Waals surface area contributed by atoms with E-state index in [0.29, 0.717) is 5.56 Å². The van der Waals surface area contributed by atoms with Crippen LogP contribution >= 0.6 is 0 Å². The summed E-state index contributed by atoms with van der Waals surface area (Å²) in [6.45, 7) is 3.52. The first-order valence-electron chi connectivity index (χ1n) is 4.71. The van der Waals surface area contributed by atoms with E-state index in [2.05, 4.69) is 0 Å². The number of carboxylic acid groups (broad SMARTS) is 1. The molecule has 0 amide bonds. The Morgan fingerprint density at radius 3 is 2.20 bits per heavy atom. The highest BCUT2D eigenvalue weighted by atomic mass is 32.2. The fraction of sp³-hybridized carbons (Fsp3) is 0.364. The smallest absolute Gasteiger partial charge is 0.323 e. The van der Waals surface area contributed by atoms with Crippen LogP contribution in [0.15, 0.2) is 30.3 Å². The Morgan fingerprint density at radius 2 is 1.80 bits per heavy atom. The van der Waals surface area contributed by atoms with Gasteiger partial charge in [-0.3, -0.25) is 9.00 Å². The van der Waals surface area contributed by atoms with Gasteiger partial charge in [0.1, 0.15) is 0 Å². The quantitative estimate of drug-likeness (QED) is 0.854. The average molecular weight is 226 g/mol. The van der Waals surface area contributed by atoms with E-state index < -0.39 is 22.0 Å². The Hall–Kier alpha value is -1.16. The molecule has 0 saturated carbocycles. The molecule has 0 aromatic heterocycles. The molecule has 0 radical (unpaired) electrons. The standard InChI is InChI=1S/C11H14O3S/c1-8(2)15(14)10(11(12)13)9-6-4-3-5-7-9/h3-8,10H,1-2H3,(H,12,13). The molecule has 0 aliphatic heterocycles. The molecule has 15 heavy (non-hydrogen) atoms. The van der Waals surface area contributed by atoms with Crippen molar-refractivity contribution in [3.8, 4) is 0 Å². The lowest BCUT2D eigenvalue weighted by molar-refractivity contribution is -0.136. The van der Waals surface area contributed by atoms with E-state index in [1.165, 1.54) is 0 Å². The Morgan fingerprint density at radius 1 is 1.27 bits per heavy atom. The second kappa shape index (κ2) is 5.07. The van der Waals surface area contributed by atoms with Gasteiger partial charge in [-0.2, -0.15) is 0 Å². The predicted molar refractivity (Wildman–Crippen MR) is 60.1 cm³/mol. The van der Waals surface area contributed by atoms with Crippen molar-refractivity contribution in [3.05, 3.63) is 35.9 Å². The van der Waals surface area contributed by atoms with Gasteiger partial charge in [-0.05, 0) is 5.56 Å². The Balaban J connectivity index is 3.05. The molecule has 2 unspecified atom stereocenters. The van der Waals surface area contributed by atoms with E-state index in [0.717, 1.165) is 0 Å². The van der Waals surface area contributed by atoms with Crippen molar-refractivity contribution in [1.82, 2.24) is 0 Å². The average Bonchev–Trinajstić information content (AvgIpc) is 2.18. The van der Waals surface area contributed by atoms with Crippen LogP contribution in [0.2, 0.25) is 0 Å². The lowest BCUT2D eigenvalue weighted by Crippen LogP contribution is -2.22. The topological polar surface area (TPSA) is 54.4 Å². The molecular formula is C11H14O3S. The van der Waals surface area contributed by atoms with Crippen molar-refractivity contribution < 1.29 is 14.1 Å². The van der Waals surface area contributed by atoms with Gasteiger partial charge in [-0.25, -0.2) is 0 Å². The maximum Gasteiger partial charge on any atom is 0.323 e. The van der Waals surface area contributed by atoms with Crippen molar-refractivity contribution in [2.24, 2.45) is 0 Å². The molecule has 0 aliphatic rings. The van der Waals surface area contributed by atoms with E-state index in [4.69, 9.17) is 5.11 Å². The van der Waals surface area contributed by atoms with Gasteiger partial charge in [0.25, 0.3) is 0 Å². The van der Waals surface area contributed by atoms with Crippen molar-refractivity contribution in [3.63, 3.8) is 0 Å². The van der Waals surface area contributed by atoms with Gasteiger partial charge < -0.3 is 5.11 Å². The van der Waals surface area contributed by atoms with Crippen LogP contribution in [0.4, 0.5) is 0 Å². The molecule has 0 bridgehead atoms. The SMILES string of the molecule is CC(C)S(=O)C(C(=O)O)c1ccccc1. The van der Waals surface area contributed by atoms with Gasteiger partial charge in [0, 0.05) is 16.0 Å². The third-order valence-corrected chi connectivity index (χ3v) is 3.89. The van der Waals surface area contributed by atoms with Crippen LogP contribution in [0.25, 0.3) is 0 Å². The molecular weight excluding hydrogens is 212 g/mol. The van der Waals surface area contributed by atoms with Gasteiger partial charge in [0.05, 0.1) is 0 Å². The number of rotatable bonds is 4. The van der Waals surface area contributed by atoms with Gasteiger partial charge in [-0.15, -0.1) is 0 Å². The fourth-order valence-corrected chi connectivity index (χ4v) is 2.44. The monoisotopic (exact) mass is 226 g/mol. The summed E-state index contributed by atoms with van der Waals surface area (Å²) in [5.74, 6) is -1.03. The van der Waals surface area contributed by atoms with Crippen LogP contribution in [0.3, 0.4) is 0 Å². The van der Waals surface area contributed by atoms with Gasteiger partial charge in [0.2, 0.25) is 0 Å². The lowest BCUT2D eigenvalue weighted by Gasteiger charge is -2.14. The zero-order valence-corrected chi connectivity index (χ0v) is 9.53. The maximum atomic E-state index is 11.8. The summed E-state index contributed by atoms with van der Waals surface area (Å²) in [5, 5.41) is 7.97. The Bertz CT molecular complexity index is 359. The predicted octanol–water partition coefficient (Wildman–Crippen LogP) is 1.97. The molecule has 0 aliphatic carbocycles. The number of benzene rings is 1. The number of aliphatic carboxylic acids is 1. The van der Waals surface area contributed by atoms with Crippen molar-refractivity contribution in [2.45, 2.75) is 24.3 Å². The van der Waals surface area contributed by atoms with E-state index in [1.54, 1.807) is 44.2 Å². The second-order valence-electron chi connectivity index (χ2n) is 3.51. The molecule has 1 rings (SSSR count). The normalized spacial score (nSPS) is 14.9. The van der Waals surface area contributed by atoms with Crippen LogP contribution in [-0.2, 0) is 15.6 Å². The molecule has 0 spiro atoms. The third-order valence-electron chi connectivity index (χ3n) is 2.02. The second-order valence-corrected chi connectivity index (χ2v) is 5.58. The number of hydrogen-bond donors (Lipinski definition) is 1.